The Kier molecular flexibility index (Phi) is 350. The van der Waals surface area contributed by atoms with E-state index in [4.69, 9.17) is 0 Å². The number of hydrogen-bond donors (Lipinski definition) is 0. The number of halogens is 2. The fourth-order valence-corrected chi connectivity index (χ4v) is 0. The average molecular weight is 92.7 g/mol. The van der Waals surface area contributed by atoms with Crippen molar-refractivity contribution < 1.29 is 9.41 Å². The maximum atomic E-state index is 0. The molecule has 4 heteroatoms. The molecule has 0 aromatic carbocycles. The van der Waals surface area contributed by atoms with E-state index < -0.39 is 0 Å². The molecule has 0 aliphatic carbocycles. The highest BCUT2D eigenvalue weighted by Gasteiger charge is 0.317. The minimum Gasteiger partial charge on any atom is -0.269 e. The summed E-state index contributed by atoms with van der Waals surface area (Å²) in [5.41, 5.74) is 0. The van der Waals surface area contributed by atoms with Crippen molar-refractivity contribution in [1.29, 1.82) is 0 Å². The molecule has 0 radical (unpaired) electrons. The van der Waals surface area contributed by atoms with Gasteiger partial charge in [0.1, 0.15) is 0 Å². The standard InChI is InChI=1S/2FH.2Mg.4H/h2*1H;;;;;;. The second-order valence-corrected chi connectivity index (χ2v) is 0. The zero-order valence-corrected chi connectivity index (χ0v) is 0.816. The molecule has 0 unspecified atom stereocenters. The summed E-state index contributed by atoms with van der Waals surface area (Å²) < 4.78 is 0. The lowest BCUT2D eigenvalue weighted by Crippen LogP contribution is -0.382. The monoisotopic (exact) mass is 92.0 g/mol. The summed E-state index contributed by atoms with van der Waals surface area (Å²) in [5.74, 6) is 0. The lowest BCUT2D eigenvalue weighted by atomic mass is 19.0. The Morgan fingerprint density at radius 1 is 0.500 bits per heavy atom. The van der Waals surface area contributed by atoms with E-state index in [0.717, 1.165) is 0 Å². The molecular weight excluding hydrogens is 86.6 g/mol. The van der Waals surface area contributed by atoms with E-state index in [1.54, 1.807) is 0 Å². The molecule has 0 spiro atoms. The maximum Gasteiger partial charge on any atom is 0.316 e. The van der Waals surface area contributed by atoms with E-state index in [1.165, 1.54) is 0 Å². The van der Waals surface area contributed by atoms with Gasteiger partial charge >= 0.3 is 46.1 Å². The summed E-state index contributed by atoms with van der Waals surface area (Å²) in [7, 11) is 0. The Labute approximate surface area is 55.4 Å². The van der Waals surface area contributed by atoms with E-state index in [-0.39, 0.29) is 55.5 Å². The van der Waals surface area contributed by atoms with Crippen molar-refractivity contribution in [1.82, 2.24) is 0 Å². The van der Waals surface area contributed by atoms with Gasteiger partial charge in [-0.15, -0.1) is 0 Å². The van der Waals surface area contributed by atoms with Crippen LogP contribution in [-0.4, -0.2) is 46.1 Å². The summed E-state index contributed by atoms with van der Waals surface area (Å²) in [4.78, 5) is 0. The molecule has 0 fully saturated rings. The predicted octanol–water partition coefficient (Wildman–Crippen LogP) is -1.53. The van der Waals surface area contributed by atoms with Crippen LogP contribution in [0.15, 0.2) is 0 Å². The van der Waals surface area contributed by atoms with Crippen LogP contribution >= 0.6 is 0 Å². The van der Waals surface area contributed by atoms with Crippen LogP contribution in [0.5, 0.6) is 0 Å². The molecular formula is H6F2Mg2. The molecule has 0 aliphatic rings. The van der Waals surface area contributed by atoms with Crippen molar-refractivity contribution in [3.63, 3.8) is 0 Å². The van der Waals surface area contributed by atoms with Gasteiger partial charge in [-0.05, 0) is 0 Å². The fraction of sp³-hybridized carbons (Fsp3) is 0. The maximum absolute atomic E-state index is 0. The third-order valence-corrected chi connectivity index (χ3v) is 0. The Hall–Kier alpha value is 1.39. The smallest absolute Gasteiger partial charge is 0.269 e. The van der Waals surface area contributed by atoms with Gasteiger partial charge < -0.3 is 0 Å². The van der Waals surface area contributed by atoms with Gasteiger partial charge in [0.2, 0.25) is 0 Å². The van der Waals surface area contributed by atoms with Crippen LogP contribution in [0.3, 0.4) is 0 Å². The SMILES string of the molecule is F.F.[MgH2].[MgH2]. The van der Waals surface area contributed by atoms with Crippen molar-refractivity contribution in [2.24, 2.45) is 0 Å². The van der Waals surface area contributed by atoms with Crippen LogP contribution < -0.4 is 0 Å². The second kappa shape index (κ2) is 26.1. The van der Waals surface area contributed by atoms with Crippen LogP contribution in [0.25, 0.3) is 0 Å². The predicted molar refractivity (Wildman–Crippen MR) is 22.1 cm³/mol. The van der Waals surface area contributed by atoms with Crippen LogP contribution in [-0.2, 0) is 0 Å². The first kappa shape index (κ1) is 53.7. The highest BCUT2D eigenvalue weighted by atomic mass is 24.3. The second-order valence-electron chi connectivity index (χ2n) is 0. The molecule has 0 aromatic rings. The molecule has 24 valence electrons. The molecule has 0 heterocycles. The zero-order valence-electron chi connectivity index (χ0n) is 0.816. The summed E-state index contributed by atoms with van der Waals surface area (Å²) >= 11 is 0. The largest absolute Gasteiger partial charge is 0.316 e. The molecule has 4 heavy (non-hydrogen) atoms. The van der Waals surface area contributed by atoms with Crippen molar-refractivity contribution >= 4 is 46.1 Å². The molecule has 0 N–H and O–H groups in total. The van der Waals surface area contributed by atoms with Crippen LogP contribution in [0, 0.1) is 0 Å². The topological polar surface area (TPSA) is 0 Å². The van der Waals surface area contributed by atoms with Gasteiger partial charge in [0.25, 0.3) is 0 Å². The third-order valence-electron chi connectivity index (χ3n) is 0. The van der Waals surface area contributed by atoms with Crippen molar-refractivity contribution in [2.75, 3.05) is 0 Å². The van der Waals surface area contributed by atoms with E-state index in [0.29, 0.717) is 0 Å². The lowest BCUT2D eigenvalue weighted by molar-refractivity contribution is 1.11. The van der Waals surface area contributed by atoms with Gasteiger partial charge in [-0.2, -0.15) is 0 Å². The van der Waals surface area contributed by atoms with Gasteiger partial charge in [0, 0.05) is 0 Å². The first-order valence-corrected chi connectivity index (χ1v) is 0. The minimum atomic E-state index is 0. The van der Waals surface area contributed by atoms with Gasteiger partial charge in [0.15, 0.2) is 0 Å². The Bertz CT molecular complexity index is 4.00. The van der Waals surface area contributed by atoms with Gasteiger partial charge in [0.05, 0.1) is 0 Å². The molecule has 0 nitrogen and oxygen atoms in total. The zero-order chi connectivity index (χ0) is 0. The molecule has 0 amide bonds. The van der Waals surface area contributed by atoms with E-state index in [1.807, 2.05) is 0 Å². The highest BCUT2D eigenvalue weighted by Crippen LogP contribution is 0.421. The fourth-order valence-electron chi connectivity index (χ4n) is 0. The average Bonchev–Trinajstić information content (AvgIpc) is 0. The molecule has 0 bridgehead atoms. The van der Waals surface area contributed by atoms with Crippen LogP contribution in [0.4, 0.5) is 9.41 Å². The summed E-state index contributed by atoms with van der Waals surface area (Å²) in [6, 6.07) is 0. The molecule has 0 atom stereocenters. The first-order valence-electron chi connectivity index (χ1n) is 0. The molecule has 0 rings (SSSR count). The Morgan fingerprint density at radius 2 is 0.500 bits per heavy atom. The molecule has 0 aromatic heterocycles. The van der Waals surface area contributed by atoms with E-state index in [2.05, 4.69) is 0 Å². The van der Waals surface area contributed by atoms with Gasteiger partial charge in [-0.25, -0.2) is 0 Å². The molecule has 0 saturated carbocycles. The Morgan fingerprint density at radius 3 is 0.500 bits per heavy atom. The first-order chi connectivity index (χ1) is 0. The lowest BCUT2D eigenvalue weighted by Gasteiger charge is -0.270. The summed E-state index contributed by atoms with van der Waals surface area (Å²) in [6.45, 7) is 0. The van der Waals surface area contributed by atoms with Crippen molar-refractivity contribution in [3.05, 3.63) is 0 Å². The number of hydrogen-bond acceptors (Lipinski definition) is 0. The van der Waals surface area contributed by atoms with Crippen molar-refractivity contribution in [3.8, 4) is 0 Å². The third kappa shape index (κ3) is 10.0. The normalized spacial score (nSPS) is 0. The minimum absolute atomic E-state index is 0. The van der Waals surface area contributed by atoms with Crippen molar-refractivity contribution in [2.45, 2.75) is 0 Å². The van der Waals surface area contributed by atoms with Gasteiger partial charge in [-0.1, -0.05) is 0 Å². The Balaban J connectivity index is 0. The van der Waals surface area contributed by atoms with Crippen LogP contribution in [0.1, 0.15) is 0 Å². The quantitative estimate of drug-likeness (QED) is 0.318. The number of rotatable bonds is 0. The summed E-state index contributed by atoms with van der Waals surface area (Å²) in [6.07, 6.45) is 0. The van der Waals surface area contributed by atoms with Gasteiger partial charge in [-0.3, -0.25) is 9.41 Å². The van der Waals surface area contributed by atoms with Crippen LogP contribution in [0.2, 0.25) is 0 Å². The van der Waals surface area contributed by atoms with E-state index in [9.17, 15) is 0 Å². The highest BCUT2D eigenvalue weighted by molar-refractivity contribution is 5.76. The van der Waals surface area contributed by atoms with E-state index >= 15 is 0 Å². The summed E-state index contributed by atoms with van der Waals surface area (Å²) in [5, 5.41) is 0. The molecule has 0 aliphatic heterocycles. The molecule has 0 saturated heterocycles.